The van der Waals surface area contributed by atoms with Crippen molar-refractivity contribution in [2.45, 2.75) is 12.3 Å². The maximum atomic E-state index is 11.5. The van der Waals surface area contributed by atoms with Gasteiger partial charge in [-0.15, -0.1) is 11.6 Å². The predicted octanol–water partition coefficient (Wildman–Crippen LogP) is 2.60. The molecule has 0 aliphatic carbocycles. The topological polar surface area (TPSA) is 82.0 Å². The van der Waals surface area contributed by atoms with E-state index in [4.69, 9.17) is 16.9 Å². The van der Waals surface area contributed by atoms with Crippen molar-refractivity contribution in [1.82, 2.24) is 5.32 Å². The van der Waals surface area contributed by atoms with E-state index in [-0.39, 0.29) is 5.56 Å². The molecule has 0 spiro atoms. The summed E-state index contributed by atoms with van der Waals surface area (Å²) in [5.74, 6) is -0.607. The van der Waals surface area contributed by atoms with Crippen LogP contribution >= 0.6 is 27.5 Å². The van der Waals surface area contributed by atoms with Crippen molar-refractivity contribution >= 4 is 45.2 Å². The van der Waals surface area contributed by atoms with Crippen LogP contribution in [0.3, 0.4) is 0 Å². The van der Waals surface area contributed by atoms with Gasteiger partial charge in [0, 0.05) is 4.47 Å². The Balaban J connectivity index is 2.77. The number of amides is 3. The number of benzene rings is 1. The number of halogens is 2. The van der Waals surface area contributed by atoms with Crippen LogP contribution in [0.1, 0.15) is 12.5 Å². The summed E-state index contributed by atoms with van der Waals surface area (Å²) in [6, 6.07) is 5.98. The first-order valence-electron chi connectivity index (χ1n) is 4.89. The molecule has 18 heavy (non-hydrogen) atoms. The summed E-state index contributed by atoms with van der Waals surface area (Å²) in [5.41, 5.74) is 0.596. The summed E-state index contributed by atoms with van der Waals surface area (Å²) in [6.45, 7) is 1.45. The van der Waals surface area contributed by atoms with E-state index in [9.17, 15) is 9.59 Å². The summed E-state index contributed by atoms with van der Waals surface area (Å²) in [5, 5.41) is 12.5. The van der Waals surface area contributed by atoms with Gasteiger partial charge in [0.05, 0.1) is 11.3 Å². The first-order valence-corrected chi connectivity index (χ1v) is 6.12. The van der Waals surface area contributed by atoms with Crippen LogP contribution in [0.15, 0.2) is 22.7 Å². The van der Waals surface area contributed by atoms with Crippen LogP contribution in [0.4, 0.5) is 10.5 Å². The van der Waals surface area contributed by atoms with Crippen LogP contribution in [0, 0.1) is 11.3 Å². The lowest BCUT2D eigenvalue weighted by atomic mass is 10.2. The quantitative estimate of drug-likeness (QED) is 0.818. The number of nitriles is 1. The molecule has 1 unspecified atom stereocenters. The number of nitrogens with one attached hydrogen (secondary N) is 2. The molecule has 0 aliphatic heterocycles. The Morgan fingerprint density at radius 3 is 2.72 bits per heavy atom. The van der Waals surface area contributed by atoms with Crippen LogP contribution in [-0.4, -0.2) is 17.3 Å². The first kappa shape index (κ1) is 14.5. The van der Waals surface area contributed by atoms with Crippen LogP contribution in [0.25, 0.3) is 0 Å². The summed E-state index contributed by atoms with van der Waals surface area (Å²) >= 11 is 8.72. The smallest absolute Gasteiger partial charge is 0.306 e. The van der Waals surface area contributed by atoms with Gasteiger partial charge in [-0.05, 0) is 25.1 Å². The third-order valence-corrected chi connectivity index (χ3v) is 2.64. The van der Waals surface area contributed by atoms with Gasteiger partial charge in [-0.2, -0.15) is 5.26 Å². The number of hydrogen-bond donors (Lipinski definition) is 2. The van der Waals surface area contributed by atoms with Crippen LogP contribution in [-0.2, 0) is 4.79 Å². The maximum absolute atomic E-state index is 11.5. The zero-order valence-corrected chi connectivity index (χ0v) is 11.7. The normalized spacial score (nSPS) is 11.2. The molecule has 0 heterocycles. The second-order valence-electron chi connectivity index (χ2n) is 3.36. The molecule has 0 aliphatic rings. The molecule has 7 heteroatoms. The Bertz CT molecular complexity index is 526. The Labute approximate surface area is 117 Å². The number of carbonyl (C=O) groups excluding carboxylic acids is 2. The number of hydrogen-bond acceptors (Lipinski definition) is 3. The molecule has 3 amide bonds. The maximum Gasteiger partial charge on any atom is 0.325 e. The molecule has 1 aromatic rings. The van der Waals surface area contributed by atoms with E-state index in [2.05, 4.69) is 26.6 Å². The van der Waals surface area contributed by atoms with E-state index in [1.54, 1.807) is 18.2 Å². The minimum absolute atomic E-state index is 0.283. The van der Waals surface area contributed by atoms with Crippen LogP contribution < -0.4 is 10.6 Å². The second kappa shape index (κ2) is 6.38. The zero-order valence-electron chi connectivity index (χ0n) is 9.33. The van der Waals surface area contributed by atoms with Gasteiger partial charge in [0.1, 0.15) is 11.4 Å². The zero-order chi connectivity index (χ0) is 13.7. The van der Waals surface area contributed by atoms with Crippen molar-refractivity contribution in [3.8, 4) is 6.07 Å². The Kier molecular flexibility index (Phi) is 5.13. The minimum Gasteiger partial charge on any atom is -0.306 e. The highest BCUT2D eigenvalue weighted by molar-refractivity contribution is 9.10. The number of rotatable bonds is 2. The number of alkyl halides is 1. The largest absolute Gasteiger partial charge is 0.325 e. The summed E-state index contributed by atoms with van der Waals surface area (Å²) in [7, 11) is 0. The molecule has 0 radical (unpaired) electrons. The van der Waals surface area contributed by atoms with Gasteiger partial charge in [0.25, 0.3) is 0 Å². The highest BCUT2D eigenvalue weighted by atomic mass is 79.9. The van der Waals surface area contributed by atoms with Crippen molar-refractivity contribution in [3.63, 3.8) is 0 Å². The minimum atomic E-state index is -0.809. The highest BCUT2D eigenvalue weighted by Gasteiger charge is 2.14. The molecule has 0 bridgehead atoms. The van der Waals surface area contributed by atoms with Crippen LogP contribution in [0.5, 0.6) is 0 Å². The molecule has 0 saturated heterocycles. The molecular weight excluding hydrogens is 321 g/mol. The van der Waals surface area contributed by atoms with Crippen LogP contribution in [0.2, 0.25) is 0 Å². The van der Waals surface area contributed by atoms with Crippen molar-refractivity contribution < 1.29 is 9.59 Å². The number of carbonyl (C=O) groups is 2. The van der Waals surface area contributed by atoms with Crippen molar-refractivity contribution in [1.29, 1.82) is 5.26 Å². The number of nitrogens with zero attached hydrogens (tertiary/aromatic N) is 1. The van der Waals surface area contributed by atoms with Gasteiger partial charge in [0.15, 0.2) is 0 Å². The second-order valence-corrected chi connectivity index (χ2v) is 4.93. The molecule has 1 atom stereocenters. The molecule has 2 N–H and O–H groups in total. The molecule has 1 rings (SSSR count). The molecule has 0 aromatic heterocycles. The summed E-state index contributed by atoms with van der Waals surface area (Å²) in [4.78, 5) is 22.6. The van der Waals surface area contributed by atoms with Gasteiger partial charge < -0.3 is 5.32 Å². The van der Waals surface area contributed by atoms with Crippen molar-refractivity contribution in [3.05, 3.63) is 28.2 Å². The SMILES string of the molecule is CC(Cl)C(=O)NC(=O)Nc1ccc(Br)cc1C#N. The van der Waals surface area contributed by atoms with Gasteiger partial charge in [0.2, 0.25) is 5.91 Å². The molecule has 94 valence electrons. The third kappa shape index (κ3) is 4.02. The lowest BCUT2D eigenvalue weighted by Gasteiger charge is -2.09. The fourth-order valence-corrected chi connectivity index (χ4v) is 1.50. The molecule has 0 fully saturated rings. The Morgan fingerprint density at radius 2 is 2.17 bits per heavy atom. The average Bonchev–Trinajstić information content (AvgIpc) is 2.31. The highest BCUT2D eigenvalue weighted by Crippen LogP contribution is 2.20. The number of anilines is 1. The molecular formula is C11H9BrClN3O2. The summed E-state index contributed by atoms with van der Waals surface area (Å²) in [6.07, 6.45) is 0. The first-order chi connectivity index (χ1) is 8.43. The number of urea groups is 1. The summed E-state index contributed by atoms with van der Waals surface area (Å²) < 4.78 is 0.718. The van der Waals surface area contributed by atoms with E-state index in [1.165, 1.54) is 6.92 Å². The van der Waals surface area contributed by atoms with Crippen molar-refractivity contribution in [2.24, 2.45) is 0 Å². The standard InChI is InChI=1S/C11H9BrClN3O2/c1-6(13)10(17)16-11(18)15-9-3-2-8(12)4-7(9)5-14/h2-4,6H,1H3,(H2,15,16,17,18). The Hall–Kier alpha value is -1.58. The average molecular weight is 331 g/mol. The monoisotopic (exact) mass is 329 g/mol. The van der Waals surface area contributed by atoms with Gasteiger partial charge in [-0.25, -0.2) is 4.79 Å². The Morgan fingerprint density at radius 1 is 1.50 bits per heavy atom. The fraction of sp³-hybridized carbons (Fsp3) is 0.182. The van der Waals surface area contributed by atoms with Gasteiger partial charge >= 0.3 is 6.03 Å². The lowest BCUT2D eigenvalue weighted by Crippen LogP contribution is -2.38. The van der Waals surface area contributed by atoms with E-state index in [0.717, 1.165) is 4.47 Å². The van der Waals surface area contributed by atoms with Gasteiger partial charge in [-0.1, -0.05) is 15.9 Å². The fourth-order valence-electron chi connectivity index (χ4n) is 1.08. The molecule has 1 aromatic carbocycles. The van der Waals surface area contributed by atoms with Crippen molar-refractivity contribution in [2.75, 3.05) is 5.32 Å². The molecule has 5 nitrogen and oxygen atoms in total. The number of imide groups is 1. The van der Waals surface area contributed by atoms with E-state index >= 15 is 0 Å². The van der Waals surface area contributed by atoms with E-state index < -0.39 is 17.3 Å². The van der Waals surface area contributed by atoms with E-state index in [1.807, 2.05) is 6.07 Å². The predicted molar refractivity (Wildman–Crippen MR) is 71.3 cm³/mol. The van der Waals surface area contributed by atoms with E-state index in [0.29, 0.717) is 5.69 Å². The van der Waals surface area contributed by atoms with Gasteiger partial charge in [-0.3, -0.25) is 10.1 Å². The lowest BCUT2D eigenvalue weighted by molar-refractivity contribution is -0.119. The third-order valence-electron chi connectivity index (χ3n) is 1.95. The molecule has 0 saturated carbocycles.